The average Bonchev–Trinajstić information content (AvgIpc) is 1.67. The van der Waals surface area contributed by atoms with E-state index >= 15 is 0 Å². The van der Waals surface area contributed by atoms with E-state index in [9.17, 15) is 0 Å². The van der Waals surface area contributed by atoms with Crippen molar-refractivity contribution in [3.63, 3.8) is 0 Å². The van der Waals surface area contributed by atoms with Crippen molar-refractivity contribution in [2.45, 2.75) is 0 Å². The molecule has 0 aromatic rings. The van der Waals surface area contributed by atoms with Crippen LogP contribution < -0.4 is 0 Å². The van der Waals surface area contributed by atoms with Crippen molar-refractivity contribution in [1.82, 2.24) is 0 Å². The fourth-order valence-corrected chi connectivity index (χ4v) is 0.0816. The molecule has 0 saturated heterocycles. The maximum atomic E-state index is 8.70. The third-order valence-corrected chi connectivity index (χ3v) is 1.05. The summed E-state index contributed by atoms with van der Waals surface area (Å²) in [5.74, 6) is -0.0347. The molecule has 0 aromatic heterocycles. The highest BCUT2D eigenvalue weighted by Gasteiger charge is 2.16. The van der Waals surface area contributed by atoms with Gasteiger partial charge in [-0.25, -0.2) is 4.48 Å². The normalized spacial score (nSPS) is 11.4. The number of hydrogen-bond donors (Lipinski definition) is 2. The zero-order valence-corrected chi connectivity index (χ0v) is 5.26. The minimum absolute atomic E-state index is 0.0347. The molecule has 0 aromatic carbocycles. The Bertz CT molecular complexity index is 98.6. The fraction of sp³-hybridized carbons (Fsp3) is 0.600. The molecule has 0 amide bonds. The summed E-state index contributed by atoms with van der Waals surface area (Å²) < 4.78 is 0.0417. The number of aliphatic hydroxyl groups is 2. The SMILES string of the molecule is C=C(O)[N+](C)(C)CO. The van der Waals surface area contributed by atoms with Gasteiger partial charge < -0.3 is 10.2 Å². The van der Waals surface area contributed by atoms with Crippen LogP contribution >= 0.6 is 0 Å². The summed E-state index contributed by atoms with van der Waals surface area (Å²) in [4.78, 5) is 0. The van der Waals surface area contributed by atoms with Gasteiger partial charge in [-0.1, -0.05) is 0 Å². The second-order valence-electron chi connectivity index (χ2n) is 2.24. The summed E-state index contributed by atoms with van der Waals surface area (Å²) in [6.45, 7) is 3.14. The van der Waals surface area contributed by atoms with Crippen LogP contribution in [0.15, 0.2) is 12.5 Å². The minimum atomic E-state index is -0.130. The quantitative estimate of drug-likeness (QED) is 0.305. The molecule has 48 valence electrons. The van der Waals surface area contributed by atoms with Gasteiger partial charge in [0.25, 0.3) is 5.88 Å². The standard InChI is InChI=1S/C5H11NO2/c1-5(8)6(2,3)4-7/h7H,1,4H2,2-3H3/p+1. The Morgan fingerprint density at radius 2 is 2.00 bits per heavy atom. The number of nitrogens with zero attached hydrogens (tertiary/aromatic N) is 1. The number of hydrogen-bond acceptors (Lipinski definition) is 2. The zero-order chi connectivity index (χ0) is 6.78. The van der Waals surface area contributed by atoms with E-state index in [-0.39, 0.29) is 17.1 Å². The summed E-state index contributed by atoms with van der Waals surface area (Å²) in [7, 11) is 3.31. The van der Waals surface area contributed by atoms with Crippen LogP contribution in [0.5, 0.6) is 0 Å². The topological polar surface area (TPSA) is 40.5 Å². The Kier molecular flexibility index (Phi) is 2.01. The minimum Gasteiger partial charge on any atom is -0.468 e. The summed E-state index contributed by atoms with van der Waals surface area (Å²) in [6.07, 6.45) is 0. The second-order valence-corrected chi connectivity index (χ2v) is 2.24. The maximum Gasteiger partial charge on any atom is 0.283 e. The number of rotatable bonds is 2. The van der Waals surface area contributed by atoms with Crippen molar-refractivity contribution in [3.05, 3.63) is 12.5 Å². The van der Waals surface area contributed by atoms with Gasteiger partial charge >= 0.3 is 0 Å². The van der Waals surface area contributed by atoms with Crippen LogP contribution in [-0.4, -0.2) is 35.5 Å². The first-order valence-electron chi connectivity index (χ1n) is 2.33. The highest BCUT2D eigenvalue weighted by Crippen LogP contribution is 2.01. The van der Waals surface area contributed by atoms with Crippen LogP contribution in [0.1, 0.15) is 0 Å². The average molecular weight is 118 g/mol. The molecule has 0 saturated carbocycles. The maximum absolute atomic E-state index is 8.70. The Morgan fingerprint density at radius 3 is 2.00 bits per heavy atom. The molecule has 0 atom stereocenters. The van der Waals surface area contributed by atoms with Gasteiger partial charge in [0.2, 0.25) is 0 Å². The van der Waals surface area contributed by atoms with Gasteiger partial charge in [-0.15, -0.1) is 0 Å². The van der Waals surface area contributed by atoms with Crippen molar-refractivity contribution >= 4 is 0 Å². The summed E-state index contributed by atoms with van der Waals surface area (Å²) in [6, 6.07) is 0. The first-order chi connectivity index (χ1) is 3.50. The Labute approximate surface area is 49.1 Å². The molecule has 0 aliphatic heterocycles. The molecule has 0 fully saturated rings. The van der Waals surface area contributed by atoms with Crippen molar-refractivity contribution in [1.29, 1.82) is 0 Å². The van der Waals surface area contributed by atoms with E-state index in [1.807, 2.05) is 0 Å². The fourth-order valence-electron chi connectivity index (χ4n) is 0.0816. The predicted molar refractivity (Wildman–Crippen MR) is 31.0 cm³/mol. The van der Waals surface area contributed by atoms with E-state index in [1.165, 1.54) is 0 Å². The second kappa shape index (κ2) is 2.15. The molecule has 3 heteroatoms. The summed E-state index contributed by atoms with van der Waals surface area (Å²) in [5, 5.41) is 17.2. The Hall–Kier alpha value is -0.540. The van der Waals surface area contributed by atoms with Crippen LogP contribution in [0.3, 0.4) is 0 Å². The highest BCUT2D eigenvalue weighted by molar-refractivity contribution is 4.61. The van der Waals surface area contributed by atoms with Gasteiger partial charge in [0.15, 0.2) is 6.73 Å². The number of aliphatic hydroxyl groups excluding tert-OH is 2. The zero-order valence-electron chi connectivity index (χ0n) is 5.26. The lowest BCUT2D eigenvalue weighted by atomic mass is 10.6. The van der Waals surface area contributed by atoms with Gasteiger partial charge in [0.1, 0.15) is 0 Å². The van der Waals surface area contributed by atoms with Crippen molar-refractivity contribution in [2.75, 3.05) is 20.8 Å². The predicted octanol–water partition coefficient (Wildman–Crippen LogP) is 0.0418. The van der Waals surface area contributed by atoms with Gasteiger partial charge in [-0.05, 0) is 0 Å². The van der Waals surface area contributed by atoms with Gasteiger partial charge in [0, 0.05) is 6.58 Å². The number of quaternary nitrogens is 1. The third kappa shape index (κ3) is 1.52. The molecule has 0 rings (SSSR count). The molecular formula is C5H12NO2+. The van der Waals surface area contributed by atoms with Crippen LogP contribution in [0.4, 0.5) is 0 Å². The van der Waals surface area contributed by atoms with Crippen molar-refractivity contribution in [2.24, 2.45) is 0 Å². The molecule has 0 radical (unpaired) electrons. The molecule has 2 N–H and O–H groups in total. The molecular weight excluding hydrogens is 106 g/mol. The lowest BCUT2D eigenvalue weighted by molar-refractivity contribution is -0.886. The molecule has 0 aliphatic carbocycles. The molecule has 0 heterocycles. The molecule has 0 aliphatic rings. The van der Waals surface area contributed by atoms with Crippen LogP contribution in [-0.2, 0) is 0 Å². The van der Waals surface area contributed by atoms with Crippen LogP contribution in [0.25, 0.3) is 0 Å². The molecule has 0 bridgehead atoms. The molecule has 0 unspecified atom stereocenters. The van der Waals surface area contributed by atoms with Crippen molar-refractivity contribution < 1.29 is 14.7 Å². The summed E-state index contributed by atoms with van der Waals surface area (Å²) >= 11 is 0. The van der Waals surface area contributed by atoms with E-state index in [1.54, 1.807) is 14.1 Å². The van der Waals surface area contributed by atoms with Crippen molar-refractivity contribution in [3.8, 4) is 0 Å². The summed E-state index contributed by atoms with van der Waals surface area (Å²) in [5.41, 5.74) is 0. The largest absolute Gasteiger partial charge is 0.468 e. The van der Waals surface area contributed by atoms with E-state index in [2.05, 4.69) is 6.58 Å². The lowest BCUT2D eigenvalue weighted by Gasteiger charge is -2.23. The van der Waals surface area contributed by atoms with Gasteiger partial charge in [-0.2, -0.15) is 0 Å². The Morgan fingerprint density at radius 1 is 1.62 bits per heavy atom. The lowest BCUT2D eigenvalue weighted by Crippen LogP contribution is -2.38. The highest BCUT2D eigenvalue weighted by atomic mass is 16.3. The monoisotopic (exact) mass is 118 g/mol. The first-order valence-corrected chi connectivity index (χ1v) is 2.33. The van der Waals surface area contributed by atoms with Crippen LogP contribution in [0, 0.1) is 0 Å². The van der Waals surface area contributed by atoms with E-state index in [4.69, 9.17) is 10.2 Å². The first kappa shape index (κ1) is 7.46. The van der Waals surface area contributed by atoms with Gasteiger partial charge in [0.05, 0.1) is 14.1 Å². The molecule has 8 heavy (non-hydrogen) atoms. The van der Waals surface area contributed by atoms with E-state index in [0.29, 0.717) is 0 Å². The molecule has 3 nitrogen and oxygen atoms in total. The third-order valence-electron chi connectivity index (χ3n) is 1.05. The Balaban J connectivity index is 3.91. The van der Waals surface area contributed by atoms with Crippen LogP contribution in [0.2, 0.25) is 0 Å². The van der Waals surface area contributed by atoms with Gasteiger partial charge in [-0.3, -0.25) is 0 Å². The van der Waals surface area contributed by atoms with E-state index < -0.39 is 0 Å². The van der Waals surface area contributed by atoms with E-state index in [0.717, 1.165) is 0 Å². The molecule has 0 spiro atoms. The smallest absolute Gasteiger partial charge is 0.283 e.